The molecule has 80 valence electrons. The summed E-state index contributed by atoms with van der Waals surface area (Å²) >= 11 is 11.5. The van der Waals surface area contributed by atoms with E-state index in [0.717, 1.165) is 5.56 Å². The second-order valence-corrected chi connectivity index (χ2v) is 4.16. The summed E-state index contributed by atoms with van der Waals surface area (Å²) in [5, 5.41) is 10.6. The van der Waals surface area contributed by atoms with Crippen molar-refractivity contribution in [3.8, 4) is 17.0 Å². The number of nitrogens with zero attached hydrogens (tertiary/aromatic N) is 2. The van der Waals surface area contributed by atoms with Gasteiger partial charge in [0, 0.05) is 5.56 Å². The number of ether oxygens (including phenoxy) is 1. The molecular weight excluding hydrogens is 249 g/mol. The van der Waals surface area contributed by atoms with Crippen molar-refractivity contribution in [1.82, 2.24) is 15.4 Å². The highest BCUT2D eigenvalue weighted by Gasteiger charge is 2.27. The molecule has 0 saturated carbocycles. The summed E-state index contributed by atoms with van der Waals surface area (Å²) in [6.45, 7) is 0. The van der Waals surface area contributed by atoms with Crippen LogP contribution in [0.25, 0.3) is 17.0 Å². The third kappa shape index (κ3) is 1.31. The smallest absolute Gasteiger partial charge is 0.187 e. The van der Waals surface area contributed by atoms with Gasteiger partial charge in [-0.05, 0) is 12.1 Å². The predicted octanol–water partition coefficient (Wildman–Crippen LogP) is 2.97. The summed E-state index contributed by atoms with van der Waals surface area (Å²) in [7, 11) is 0. The van der Waals surface area contributed by atoms with E-state index in [-0.39, 0.29) is 4.49 Å². The van der Waals surface area contributed by atoms with Crippen LogP contribution in [0, 0.1) is 0 Å². The molecule has 1 aliphatic rings. The van der Waals surface area contributed by atoms with Gasteiger partial charge in [-0.25, -0.2) is 0 Å². The highest BCUT2D eigenvalue weighted by Crippen LogP contribution is 2.41. The minimum Gasteiger partial charge on any atom is -0.452 e. The summed E-state index contributed by atoms with van der Waals surface area (Å²) < 4.78 is 5.60. The van der Waals surface area contributed by atoms with Crippen LogP contribution in [-0.4, -0.2) is 15.4 Å². The van der Waals surface area contributed by atoms with E-state index in [9.17, 15) is 0 Å². The maximum absolute atomic E-state index is 5.75. The topological polar surface area (TPSA) is 50.8 Å². The lowest BCUT2D eigenvalue weighted by atomic mass is 10.1. The van der Waals surface area contributed by atoms with Crippen molar-refractivity contribution in [3.05, 3.63) is 34.5 Å². The van der Waals surface area contributed by atoms with E-state index in [1.807, 2.05) is 24.3 Å². The fraction of sp³-hybridized carbons (Fsp3) is 0. The van der Waals surface area contributed by atoms with Crippen molar-refractivity contribution < 1.29 is 4.74 Å². The SMILES string of the molecule is ClC(Cl)=C1Oc2ccccc2-c2n[nH]nc21. The minimum absolute atomic E-state index is 0.0321. The van der Waals surface area contributed by atoms with E-state index in [2.05, 4.69) is 15.4 Å². The lowest BCUT2D eigenvalue weighted by Crippen LogP contribution is -2.05. The van der Waals surface area contributed by atoms with Gasteiger partial charge in [0.2, 0.25) is 0 Å². The number of rotatable bonds is 0. The lowest BCUT2D eigenvalue weighted by Gasteiger charge is -2.17. The van der Waals surface area contributed by atoms with E-state index < -0.39 is 0 Å². The molecule has 0 radical (unpaired) electrons. The summed E-state index contributed by atoms with van der Waals surface area (Å²) in [6, 6.07) is 7.49. The Morgan fingerprint density at radius 1 is 1.12 bits per heavy atom. The molecular formula is C10H5Cl2N3O. The number of para-hydroxylation sites is 1. The average molecular weight is 254 g/mol. The highest BCUT2D eigenvalue weighted by atomic mass is 35.5. The molecule has 1 aliphatic heterocycles. The zero-order valence-electron chi connectivity index (χ0n) is 7.87. The maximum atomic E-state index is 5.75. The van der Waals surface area contributed by atoms with Crippen LogP contribution in [0.2, 0.25) is 0 Å². The number of fused-ring (bicyclic) bond motifs is 3. The Morgan fingerprint density at radius 2 is 1.88 bits per heavy atom. The first-order valence-electron chi connectivity index (χ1n) is 4.51. The first-order valence-corrected chi connectivity index (χ1v) is 5.26. The molecule has 6 heteroatoms. The Kier molecular flexibility index (Phi) is 2.12. The monoisotopic (exact) mass is 253 g/mol. The van der Waals surface area contributed by atoms with Crippen LogP contribution >= 0.6 is 23.2 Å². The van der Waals surface area contributed by atoms with Gasteiger partial charge in [0.1, 0.15) is 11.4 Å². The summed E-state index contributed by atoms with van der Waals surface area (Å²) in [4.78, 5) is 0. The Balaban J connectivity index is 2.32. The zero-order valence-corrected chi connectivity index (χ0v) is 9.38. The molecule has 0 unspecified atom stereocenters. The van der Waals surface area contributed by atoms with Crippen molar-refractivity contribution >= 4 is 29.0 Å². The number of benzene rings is 1. The molecule has 1 N–H and O–H groups in total. The van der Waals surface area contributed by atoms with Crippen molar-refractivity contribution in [1.29, 1.82) is 0 Å². The normalized spacial score (nSPS) is 12.8. The van der Waals surface area contributed by atoms with Gasteiger partial charge >= 0.3 is 0 Å². The van der Waals surface area contributed by atoms with E-state index >= 15 is 0 Å². The number of aromatic amines is 1. The summed E-state index contributed by atoms with van der Waals surface area (Å²) in [6.07, 6.45) is 0. The number of aromatic nitrogens is 3. The Bertz CT molecular complexity index is 587. The number of hydrogen-bond donors (Lipinski definition) is 1. The van der Waals surface area contributed by atoms with Crippen molar-refractivity contribution in [2.45, 2.75) is 0 Å². The quantitative estimate of drug-likeness (QED) is 0.786. The second-order valence-electron chi connectivity index (χ2n) is 3.21. The van der Waals surface area contributed by atoms with E-state index in [4.69, 9.17) is 27.9 Å². The molecule has 0 spiro atoms. The van der Waals surface area contributed by atoms with Gasteiger partial charge < -0.3 is 4.74 Å². The van der Waals surface area contributed by atoms with Gasteiger partial charge in [0.05, 0.1) is 0 Å². The average Bonchev–Trinajstić information content (AvgIpc) is 2.76. The molecule has 1 aromatic carbocycles. The summed E-state index contributed by atoms with van der Waals surface area (Å²) in [5.74, 6) is 0.989. The summed E-state index contributed by atoms with van der Waals surface area (Å²) in [5.41, 5.74) is 2.08. The molecule has 1 aromatic heterocycles. The number of hydrogen-bond acceptors (Lipinski definition) is 3. The molecule has 3 rings (SSSR count). The van der Waals surface area contributed by atoms with Gasteiger partial charge in [-0.3, -0.25) is 0 Å². The molecule has 0 atom stereocenters. The molecule has 0 saturated heterocycles. The van der Waals surface area contributed by atoms with Crippen LogP contribution in [0.1, 0.15) is 5.69 Å². The molecule has 0 fully saturated rings. The molecule has 4 nitrogen and oxygen atoms in total. The van der Waals surface area contributed by atoms with Crippen molar-refractivity contribution in [2.75, 3.05) is 0 Å². The molecule has 2 aromatic rings. The Morgan fingerprint density at radius 3 is 2.69 bits per heavy atom. The van der Waals surface area contributed by atoms with Crippen LogP contribution in [0.5, 0.6) is 5.75 Å². The predicted molar refractivity (Wildman–Crippen MR) is 61.1 cm³/mol. The molecule has 2 heterocycles. The van der Waals surface area contributed by atoms with Gasteiger partial charge in [0.15, 0.2) is 15.9 Å². The van der Waals surface area contributed by atoms with Crippen LogP contribution in [0.15, 0.2) is 28.8 Å². The van der Waals surface area contributed by atoms with Gasteiger partial charge in [-0.1, -0.05) is 35.3 Å². The fourth-order valence-electron chi connectivity index (χ4n) is 1.61. The highest BCUT2D eigenvalue weighted by molar-refractivity contribution is 6.58. The molecule has 0 bridgehead atoms. The molecule has 16 heavy (non-hydrogen) atoms. The van der Waals surface area contributed by atoms with Crippen LogP contribution in [0.4, 0.5) is 0 Å². The third-order valence-electron chi connectivity index (χ3n) is 2.29. The van der Waals surface area contributed by atoms with Gasteiger partial charge in [-0.2, -0.15) is 15.4 Å². The number of nitrogens with one attached hydrogen (secondary N) is 1. The Hall–Kier alpha value is -1.52. The van der Waals surface area contributed by atoms with E-state index in [1.165, 1.54) is 0 Å². The number of H-pyrrole nitrogens is 1. The van der Waals surface area contributed by atoms with Crippen LogP contribution < -0.4 is 4.74 Å². The number of halogens is 2. The fourth-order valence-corrected chi connectivity index (χ4v) is 1.87. The molecule has 0 aliphatic carbocycles. The first kappa shape index (κ1) is 9.69. The van der Waals surface area contributed by atoms with Crippen molar-refractivity contribution in [2.24, 2.45) is 0 Å². The standard InChI is InChI=1S/C10H5Cl2N3O/c11-10(12)9-8-7(13-15-14-8)5-3-1-2-4-6(5)16-9/h1-4H,(H,13,14,15). The van der Waals surface area contributed by atoms with Gasteiger partial charge in [0.25, 0.3) is 0 Å². The van der Waals surface area contributed by atoms with Crippen LogP contribution in [0.3, 0.4) is 0 Å². The second kappa shape index (κ2) is 3.50. The third-order valence-corrected chi connectivity index (χ3v) is 2.63. The Labute approximate surface area is 101 Å². The van der Waals surface area contributed by atoms with E-state index in [1.54, 1.807) is 0 Å². The lowest BCUT2D eigenvalue weighted by molar-refractivity contribution is 0.508. The molecule has 0 amide bonds. The van der Waals surface area contributed by atoms with Gasteiger partial charge in [-0.15, -0.1) is 0 Å². The first-order chi connectivity index (χ1) is 7.77. The van der Waals surface area contributed by atoms with E-state index in [0.29, 0.717) is 22.9 Å². The van der Waals surface area contributed by atoms with Crippen molar-refractivity contribution in [3.63, 3.8) is 0 Å². The van der Waals surface area contributed by atoms with Crippen LogP contribution in [-0.2, 0) is 0 Å². The maximum Gasteiger partial charge on any atom is 0.187 e. The minimum atomic E-state index is 0.0321. The zero-order chi connectivity index (χ0) is 11.1. The largest absolute Gasteiger partial charge is 0.452 e.